The maximum atomic E-state index is 9.71. The quantitative estimate of drug-likeness (QED) is 0.143. The van der Waals surface area contributed by atoms with E-state index in [2.05, 4.69) is 215 Å². The predicted octanol–water partition coefficient (Wildman–Crippen LogP) is 17.6. The number of nitrogens with zero attached hydrogens (tertiary/aromatic N) is 6. The second-order valence-electron chi connectivity index (χ2n) is 18.8. The van der Waals surface area contributed by atoms with E-state index in [0.717, 1.165) is 45.2 Å². The second kappa shape index (κ2) is 14.8. The highest BCUT2D eigenvalue weighted by Crippen LogP contribution is 2.50. The number of fused-ring (bicyclic) bond motifs is 12. The lowest BCUT2D eigenvalue weighted by Crippen LogP contribution is -2.10. The van der Waals surface area contributed by atoms with Gasteiger partial charge in [-0.15, -0.1) is 0 Å². The van der Waals surface area contributed by atoms with Crippen LogP contribution in [0.2, 0.25) is 0 Å². The van der Waals surface area contributed by atoms with Crippen LogP contribution < -0.4 is 9.80 Å². The number of hydrogen-bond donors (Lipinski definition) is 0. The fourth-order valence-corrected chi connectivity index (χ4v) is 11.1. The Morgan fingerprint density at radius 3 is 1.22 bits per heavy atom. The Kier molecular flexibility index (Phi) is 8.62. The van der Waals surface area contributed by atoms with Gasteiger partial charge in [0.1, 0.15) is 0 Å². The predicted molar refractivity (Wildman–Crippen MR) is 284 cm³/mol. The average molecular weight is 873 g/mol. The molecule has 9 aromatic carbocycles. The van der Waals surface area contributed by atoms with E-state index < -0.39 is 0 Å². The Morgan fingerprint density at radius 1 is 0.441 bits per heavy atom. The lowest BCUT2D eigenvalue weighted by atomic mass is 10.0. The minimum atomic E-state index is 0.419. The molecule has 6 nitrogen and oxygen atoms in total. The number of hydrogen-bond acceptors (Lipinski definition) is 3. The SMILES string of the molecule is [C-]#[N+]c1ccc(N(c2ccc(C(C)C)cc2)c2cccc3c2c2cccc4c5cc6c(cc5n3c42)c2cccc3c4c(N(c5ccc(C#N)cc5)c5ccc(C(C)C)cc5)cccc4n6c23)cc1. The van der Waals surface area contributed by atoms with Crippen molar-refractivity contribution in [3.05, 3.63) is 210 Å². The fraction of sp³-hybridized carbons (Fsp3) is 0.0968. The van der Waals surface area contributed by atoms with Crippen molar-refractivity contribution in [3.8, 4) is 6.07 Å². The van der Waals surface area contributed by atoms with Gasteiger partial charge in [0.25, 0.3) is 0 Å². The highest BCUT2D eigenvalue weighted by atomic mass is 15.2. The Balaban J connectivity index is 1.05. The van der Waals surface area contributed by atoms with Crippen molar-refractivity contribution in [1.29, 1.82) is 5.26 Å². The third kappa shape index (κ3) is 5.62. The van der Waals surface area contributed by atoms with Crippen LogP contribution >= 0.6 is 0 Å². The molecular weight excluding hydrogens is 829 g/mol. The minimum absolute atomic E-state index is 0.419. The van der Waals surface area contributed by atoms with Crippen molar-refractivity contribution in [1.82, 2.24) is 8.80 Å². The van der Waals surface area contributed by atoms with Gasteiger partial charge in [0.2, 0.25) is 0 Å². The Morgan fingerprint density at radius 2 is 0.824 bits per heavy atom. The van der Waals surface area contributed by atoms with E-state index in [1.165, 1.54) is 76.3 Å². The number of anilines is 6. The molecule has 0 atom stereocenters. The largest absolute Gasteiger partial charge is 0.310 e. The Hall–Kier alpha value is -8.84. The smallest absolute Gasteiger partial charge is 0.187 e. The summed E-state index contributed by atoms with van der Waals surface area (Å²) in [5, 5.41) is 19.4. The summed E-state index contributed by atoms with van der Waals surface area (Å²) in [6.45, 7) is 16.6. The summed E-state index contributed by atoms with van der Waals surface area (Å²) >= 11 is 0. The van der Waals surface area contributed by atoms with Crippen molar-refractivity contribution in [2.24, 2.45) is 0 Å². The van der Waals surface area contributed by atoms with Gasteiger partial charge in [-0.25, -0.2) is 4.85 Å². The summed E-state index contributed by atoms with van der Waals surface area (Å²) in [4.78, 5) is 8.39. The first-order valence-electron chi connectivity index (χ1n) is 23.4. The van der Waals surface area contributed by atoms with E-state index in [-0.39, 0.29) is 0 Å². The van der Waals surface area contributed by atoms with E-state index in [0.29, 0.717) is 23.1 Å². The third-order valence-electron chi connectivity index (χ3n) is 14.4. The molecule has 68 heavy (non-hydrogen) atoms. The molecule has 4 heterocycles. The summed E-state index contributed by atoms with van der Waals surface area (Å²) in [6, 6.07) is 67.8. The van der Waals surface area contributed by atoms with Crippen molar-refractivity contribution < 1.29 is 0 Å². The number of benzene rings is 9. The summed E-state index contributed by atoms with van der Waals surface area (Å²) in [5.41, 5.74) is 17.3. The number of aromatic nitrogens is 2. The average Bonchev–Trinajstić information content (AvgIpc) is 4.11. The van der Waals surface area contributed by atoms with Crippen LogP contribution in [0, 0.1) is 17.9 Å². The van der Waals surface area contributed by atoms with E-state index in [9.17, 15) is 5.26 Å². The van der Waals surface area contributed by atoms with Crippen LogP contribution in [-0.4, -0.2) is 8.80 Å². The minimum Gasteiger partial charge on any atom is -0.310 e. The fourth-order valence-electron chi connectivity index (χ4n) is 11.1. The van der Waals surface area contributed by atoms with Gasteiger partial charge in [-0.2, -0.15) is 5.26 Å². The van der Waals surface area contributed by atoms with Crippen LogP contribution in [-0.2, 0) is 0 Å². The van der Waals surface area contributed by atoms with Crippen molar-refractivity contribution in [2.45, 2.75) is 39.5 Å². The molecule has 6 heteroatoms. The zero-order chi connectivity index (χ0) is 45.9. The summed E-state index contributed by atoms with van der Waals surface area (Å²) in [6.07, 6.45) is 0. The van der Waals surface area contributed by atoms with Gasteiger partial charge >= 0.3 is 0 Å². The molecule has 0 saturated heterocycles. The van der Waals surface area contributed by atoms with Crippen LogP contribution in [0.1, 0.15) is 56.2 Å². The number of nitriles is 1. The van der Waals surface area contributed by atoms with Crippen LogP contribution in [0.25, 0.3) is 81.0 Å². The van der Waals surface area contributed by atoms with Gasteiger partial charge in [-0.05, 0) is 120 Å². The molecule has 0 amide bonds. The van der Waals surface area contributed by atoms with E-state index in [1.807, 2.05) is 24.3 Å². The van der Waals surface area contributed by atoms with E-state index in [4.69, 9.17) is 6.57 Å². The molecule has 0 saturated carbocycles. The van der Waals surface area contributed by atoms with Gasteiger partial charge in [0.15, 0.2) is 5.69 Å². The van der Waals surface area contributed by atoms with Crippen LogP contribution in [0.3, 0.4) is 0 Å². The standard InChI is InChI=1S/C62H44N6/c1-37(2)40-20-28-44(29-21-40)65(43-26-18-39(36-63)19-27-43)53-14-8-16-55-59(53)49-12-6-10-47-51-35-58-52(34-57(51)67(55)61(47)49)48-11-7-13-50-60-54(15-9-17-56(60)68(58)62(48)50)66(46-32-24-42(64-5)25-33-46)45-30-22-41(23-31-45)38(3)4/h6-35,37-38H,1-4H3. The molecule has 0 aliphatic carbocycles. The first-order chi connectivity index (χ1) is 33.3. The first kappa shape index (κ1) is 39.5. The maximum Gasteiger partial charge on any atom is 0.187 e. The molecule has 4 aromatic heterocycles. The number of para-hydroxylation sites is 2. The zero-order valence-corrected chi connectivity index (χ0v) is 38.2. The van der Waals surface area contributed by atoms with Gasteiger partial charge in [-0.3, -0.25) is 0 Å². The Labute approximate surface area is 393 Å². The third-order valence-corrected chi connectivity index (χ3v) is 14.4. The van der Waals surface area contributed by atoms with Crippen molar-refractivity contribution >= 4 is 116 Å². The highest BCUT2D eigenvalue weighted by molar-refractivity contribution is 6.31. The van der Waals surface area contributed by atoms with Gasteiger partial charge in [0.05, 0.1) is 62.7 Å². The monoisotopic (exact) mass is 872 g/mol. The van der Waals surface area contributed by atoms with Crippen molar-refractivity contribution in [3.63, 3.8) is 0 Å². The lowest BCUT2D eigenvalue weighted by molar-refractivity contribution is 0.866. The van der Waals surface area contributed by atoms with E-state index in [1.54, 1.807) is 0 Å². The molecule has 0 fully saturated rings. The van der Waals surface area contributed by atoms with Gasteiger partial charge in [0, 0.05) is 65.8 Å². The van der Waals surface area contributed by atoms with Crippen LogP contribution in [0.4, 0.5) is 39.8 Å². The molecule has 0 spiro atoms. The lowest BCUT2D eigenvalue weighted by Gasteiger charge is -2.27. The molecule has 322 valence electrons. The Bertz CT molecular complexity index is 3920. The van der Waals surface area contributed by atoms with Crippen LogP contribution in [0.15, 0.2) is 182 Å². The molecule has 13 rings (SSSR count). The molecular formula is C62H44N6. The molecule has 13 aromatic rings. The molecule has 0 unspecified atom stereocenters. The molecule has 0 radical (unpaired) electrons. The number of rotatable bonds is 8. The zero-order valence-electron chi connectivity index (χ0n) is 38.2. The molecule has 0 aliphatic heterocycles. The highest BCUT2D eigenvalue weighted by Gasteiger charge is 2.27. The second-order valence-corrected chi connectivity index (χ2v) is 18.8. The van der Waals surface area contributed by atoms with E-state index >= 15 is 0 Å². The molecule has 0 aliphatic rings. The van der Waals surface area contributed by atoms with Crippen LogP contribution in [0.5, 0.6) is 0 Å². The summed E-state index contributed by atoms with van der Waals surface area (Å²) in [5.74, 6) is 0.840. The van der Waals surface area contributed by atoms with Gasteiger partial charge in [-0.1, -0.05) is 113 Å². The van der Waals surface area contributed by atoms with Crippen molar-refractivity contribution in [2.75, 3.05) is 9.80 Å². The first-order valence-corrected chi connectivity index (χ1v) is 23.4. The normalized spacial score (nSPS) is 12.1. The maximum absolute atomic E-state index is 9.71. The summed E-state index contributed by atoms with van der Waals surface area (Å²) < 4.78 is 4.98. The molecule has 0 N–H and O–H groups in total. The summed E-state index contributed by atoms with van der Waals surface area (Å²) in [7, 11) is 0. The van der Waals surface area contributed by atoms with Gasteiger partial charge < -0.3 is 18.6 Å². The molecule has 0 bridgehead atoms. The topological polar surface area (TPSA) is 43.5 Å².